The Morgan fingerprint density at radius 2 is 1.76 bits per heavy atom. The van der Waals surface area contributed by atoms with Crippen LogP contribution in [0.15, 0.2) is 54.6 Å². The van der Waals surface area contributed by atoms with Crippen LogP contribution in [0, 0.1) is 0 Å². The zero-order valence-corrected chi connectivity index (χ0v) is 22.9. The summed E-state index contributed by atoms with van der Waals surface area (Å²) in [5, 5.41) is 5.79. The van der Waals surface area contributed by atoms with Gasteiger partial charge in [-0.25, -0.2) is 0 Å². The molecule has 5 rings (SSSR count). The number of nitrogens with zero attached hydrogens (tertiary/aromatic N) is 2. The molecule has 38 heavy (non-hydrogen) atoms. The Kier molecular flexibility index (Phi) is 7.91. The van der Waals surface area contributed by atoms with Crippen LogP contribution in [0.4, 0.5) is 5.69 Å². The third-order valence-corrected chi connectivity index (χ3v) is 8.36. The quantitative estimate of drug-likeness (QED) is 0.354. The second-order valence-corrected chi connectivity index (χ2v) is 10.9. The van der Waals surface area contributed by atoms with Gasteiger partial charge in [0.15, 0.2) is 0 Å². The number of anilines is 1. The molecule has 1 fully saturated rings. The highest BCUT2D eigenvalue weighted by atomic mass is 35.5. The number of hydrogen-bond donors (Lipinski definition) is 1. The van der Waals surface area contributed by atoms with Crippen molar-refractivity contribution >= 4 is 57.4 Å². The molecule has 8 heteroatoms. The molecule has 2 aliphatic rings. The summed E-state index contributed by atoms with van der Waals surface area (Å²) in [6.07, 6.45) is 5.72. The van der Waals surface area contributed by atoms with Gasteiger partial charge < -0.3 is 10.2 Å². The van der Waals surface area contributed by atoms with Gasteiger partial charge in [0.05, 0.1) is 15.7 Å². The molecule has 0 aromatic heterocycles. The van der Waals surface area contributed by atoms with Crippen LogP contribution in [0.25, 0.3) is 10.8 Å². The third-order valence-electron chi connectivity index (χ3n) is 7.62. The second-order valence-electron chi connectivity index (χ2n) is 10.1. The first-order valence-corrected chi connectivity index (χ1v) is 14.0. The number of carbonyl (C=O) groups is 3. The summed E-state index contributed by atoms with van der Waals surface area (Å²) in [7, 11) is 0. The molecule has 1 atom stereocenters. The molecular weight excluding hydrogens is 521 g/mol. The zero-order chi connectivity index (χ0) is 26.8. The fraction of sp³-hybridized carbons (Fsp3) is 0.367. The minimum atomic E-state index is -0.685. The van der Waals surface area contributed by atoms with E-state index >= 15 is 0 Å². The number of amides is 3. The normalized spacial score (nSPS) is 16.1. The van der Waals surface area contributed by atoms with Gasteiger partial charge in [-0.3, -0.25) is 19.3 Å². The Hall–Kier alpha value is -3.09. The molecule has 0 spiro atoms. The maximum atomic E-state index is 14.0. The van der Waals surface area contributed by atoms with Gasteiger partial charge in [0.25, 0.3) is 5.91 Å². The van der Waals surface area contributed by atoms with Gasteiger partial charge in [-0.2, -0.15) is 0 Å². The van der Waals surface area contributed by atoms with Crippen LogP contribution < -0.4 is 10.2 Å². The van der Waals surface area contributed by atoms with Crippen molar-refractivity contribution in [1.29, 1.82) is 0 Å². The molecule has 198 valence electrons. The number of benzene rings is 3. The number of carbonyl (C=O) groups excluding carboxylic acids is 3. The van der Waals surface area contributed by atoms with Gasteiger partial charge in [-0.05, 0) is 54.5 Å². The summed E-state index contributed by atoms with van der Waals surface area (Å²) in [4.78, 5) is 43.9. The van der Waals surface area contributed by atoms with E-state index in [1.165, 1.54) is 11.3 Å². The Labute approximate surface area is 232 Å². The minimum Gasteiger partial charge on any atom is -0.352 e. The lowest BCUT2D eigenvalue weighted by Crippen LogP contribution is -2.53. The van der Waals surface area contributed by atoms with Crippen molar-refractivity contribution in [2.24, 2.45) is 0 Å². The van der Waals surface area contributed by atoms with Crippen molar-refractivity contribution < 1.29 is 14.4 Å². The molecule has 0 bridgehead atoms. The van der Waals surface area contributed by atoms with Gasteiger partial charge in [-0.15, -0.1) is 0 Å². The number of rotatable bonds is 8. The van der Waals surface area contributed by atoms with Gasteiger partial charge in [-0.1, -0.05) is 79.7 Å². The Balaban J connectivity index is 1.43. The fourth-order valence-corrected chi connectivity index (χ4v) is 5.98. The van der Waals surface area contributed by atoms with E-state index in [0.29, 0.717) is 27.7 Å². The smallest absolute Gasteiger partial charge is 0.259 e. The maximum absolute atomic E-state index is 14.0. The largest absolute Gasteiger partial charge is 0.352 e. The van der Waals surface area contributed by atoms with Gasteiger partial charge in [0.1, 0.15) is 12.6 Å². The standard InChI is InChI=1S/C30H31Cl2N3O3/c1-2-25(29(37)33-21-10-4-3-5-11-21)34(17-19-14-15-23(31)24(32)16-19)27(36)18-35-26-13-7-9-20-8-6-12-22(28(20)26)30(35)38/h6-9,12-16,21,25H,2-5,10-11,17-18H2,1H3,(H,33,37). The average molecular weight is 553 g/mol. The topological polar surface area (TPSA) is 69.7 Å². The van der Waals surface area contributed by atoms with E-state index in [9.17, 15) is 14.4 Å². The molecule has 0 radical (unpaired) electrons. The second kappa shape index (κ2) is 11.3. The Morgan fingerprint density at radius 1 is 1.03 bits per heavy atom. The van der Waals surface area contributed by atoms with Crippen LogP contribution in [0.1, 0.15) is 61.4 Å². The van der Waals surface area contributed by atoms with Crippen molar-refractivity contribution in [3.63, 3.8) is 0 Å². The van der Waals surface area contributed by atoms with E-state index in [1.54, 1.807) is 29.2 Å². The first kappa shape index (κ1) is 26.5. The van der Waals surface area contributed by atoms with E-state index < -0.39 is 6.04 Å². The first-order valence-electron chi connectivity index (χ1n) is 13.2. The fourth-order valence-electron chi connectivity index (χ4n) is 5.66. The Bertz CT molecular complexity index is 1380. The van der Waals surface area contributed by atoms with Crippen LogP contribution >= 0.6 is 23.2 Å². The molecule has 1 N–H and O–H groups in total. The van der Waals surface area contributed by atoms with Crippen LogP contribution in [-0.2, 0) is 16.1 Å². The molecule has 1 saturated carbocycles. The molecule has 3 aromatic rings. The van der Waals surface area contributed by atoms with E-state index in [0.717, 1.165) is 42.0 Å². The van der Waals surface area contributed by atoms with Crippen LogP contribution in [-0.4, -0.2) is 41.2 Å². The molecule has 1 unspecified atom stereocenters. The van der Waals surface area contributed by atoms with E-state index in [1.807, 2.05) is 37.3 Å². The van der Waals surface area contributed by atoms with Crippen LogP contribution in [0.5, 0.6) is 0 Å². The Morgan fingerprint density at radius 3 is 2.47 bits per heavy atom. The lowest BCUT2D eigenvalue weighted by atomic mass is 9.95. The van der Waals surface area contributed by atoms with Gasteiger partial charge >= 0.3 is 0 Å². The van der Waals surface area contributed by atoms with Crippen molar-refractivity contribution in [2.75, 3.05) is 11.4 Å². The van der Waals surface area contributed by atoms with Crippen LogP contribution in [0.2, 0.25) is 10.0 Å². The monoisotopic (exact) mass is 551 g/mol. The predicted octanol–water partition coefficient (Wildman–Crippen LogP) is 6.36. The SMILES string of the molecule is CCC(C(=O)NC1CCCCC1)N(Cc1ccc(Cl)c(Cl)c1)C(=O)CN1C(=O)c2cccc3cccc1c23. The van der Waals surface area contributed by atoms with Crippen molar-refractivity contribution in [1.82, 2.24) is 10.2 Å². The molecule has 1 heterocycles. The van der Waals surface area contributed by atoms with Crippen molar-refractivity contribution in [3.8, 4) is 0 Å². The number of nitrogens with one attached hydrogen (secondary N) is 1. The highest BCUT2D eigenvalue weighted by Crippen LogP contribution is 2.37. The van der Waals surface area contributed by atoms with Gasteiger partial charge in [0.2, 0.25) is 11.8 Å². The summed E-state index contributed by atoms with van der Waals surface area (Å²) in [5.41, 5.74) is 2.06. The maximum Gasteiger partial charge on any atom is 0.259 e. The van der Waals surface area contributed by atoms with E-state index in [2.05, 4.69) is 5.32 Å². The van der Waals surface area contributed by atoms with Crippen molar-refractivity contribution in [3.05, 3.63) is 75.8 Å². The molecule has 1 aliphatic heterocycles. The lowest BCUT2D eigenvalue weighted by Gasteiger charge is -2.34. The molecular formula is C30H31Cl2N3O3. The molecule has 0 saturated heterocycles. The average Bonchev–Trinajstić information content (AvgIpc) is 3.19. The first-order chi connectivity index (χ1) is 18.4. The van der Waals surface area contributed by atoms with E-state index in [-0.39, 0.29) is 36.9 Å². The zero-order valence-electron chi connectivity index (χ0n) is 21.4. The minimum absolute atomic E-state index is 0.125. The molecule has 6 nitrogen and oxygen atoms in total. The summed E-state index contributed by atoms with van der Waals surface area (Å²) in [6, 6.07) is 16.0. The third kappa shape index (κ3) is 5.25. The molecule has 1 aliphatic carbocycles. The number of halogens is 2. The summed E-state index contributed by atoms with van der Waals surface area (Å²) in [5.74, 6) is -0.676. The highest BCUT2D eigenvalue weighted by Gasteiger charge is 2.35. The van der Waals surface area contributed by atoms with E-state index in [4.69, 9.17) is 23.2 Å². The van der Waals surface area contributed by atoms with Crippen LogP contribution in [0.3, 0.4) is 0 Å². The lowest BCUT2D eigenvalue weighted by molar-refractivity contribution is -0.140. The highest BCUT2D eigenvalue weighted by molar-refractivity contribution is 6.42. The summed E-state index contributed by atoms with van der Waals surface area (Å²) in [6.45, 7) is 1.91. The predicted molar refractivity (Wildman–Crippen MR) is 152 cm³/mol. The van der Waals surface area contributed by atoms with Crippen molar-refractivity contribution in [2.45, 2.75) is 64.1 Å². The van der Waals surface area contributed by atoms with Gasteiger partial charge in [0, 0.05) is 23.5 Å². The molecule has 3 amide bonds. The number of hydrogen-bond acceptors (Lipinski definition) is 3. The molecule has 3 aromatic carbocycles. The summed E-state index contributed by atoms with van der Waals surface area (Å²) >= 11 is 12.4. The summed E-state index contributed by atoms with van der Waals surface area (Å²) < 4.78 is 0.